The van der Waals surface area contributed by atoms with Gasteiger partial charge in [-0.3, -0.25) is 67.1 Å². The van der Waals surface area contributed by atoms with Gasteiger partial charge >= 0.3 is 11.9 Å². The van der Waals surface area contributed by atoms with Gasteiger partial charge in [0.25, 0.3) is 0 Å². The summed E-state index contributed by atoms with van der Waals surface area (Å²) >= 11 is 0. The number of benzene rings is 4. The van der Waals surface area contributed by atoms with Crippen LogP contribution in [0.15, 0.2) is 134 Å². The third-order valence-corrected chi connectivity index (χ3v) is 20.1. The highest BCUT2D eigenvalue weighted by Crippen LogP contribution is 2.15. The van der Waals surface area contributed by atoms with Crippen molar-refractivity contribution in [3.05, 3.63) is 167 Å². The molecule has 42 nitrogen and oxygen atoms in total. The average Bonchev–Trinajstić information content (AvgIpc) is 1.83. The van der Waals surface area contributed by atoms with Gasteiger partial charge in [0.05, 0.1) is 89.7 Å². The van der Waals surface area contributed by atoms with Gasteiger partial charge in [-0.15, -0.1) is 10.2 Å². The van der Waals surface area contributed by atoms with E-state index in [0.717, 1.165) is 74.8 Å². The summed E-state index contributed by atoms with van der Waals surface area (Å²) in [7, 11) is 0. The molecule has 0 unspecified atom stereocenters. The maximum absolute atomic E-state index is 14.2. The number of nitrogens with two attached hydrogens (primary N) is 1. The van der Waals surface area contributed by atoms with Crippen molar-refractivity contribution >= 4 is 82.8 Å². The topological polar surface area (TPSA) is 599 Å². The Bertz CT molecular complexity index is 4530. The van der Waals surface area contributed by atoms with Crippen molar-refractivity contribution in [1.29, 1.82) is 0 Å². The van der Waals surface area contributed by atoms with Crippen LogP contribution in [0, 0.1) is 11.8 Å². The lowest BCUT2D eigenvalue weighted by Crippen LogP contribution is -3.00. The largest absolute Gasteiger partial charge is 1.00 e. The molecular formula is C95H150Cl2N24O18. The second-order valence-electron chi connectivity index (χ2n) is 33.3. The molecule has 0 saturated carbocycles. The van der Waals surface area contributed by atoms with Crippen LogP contribution in [-0.4, -0.2) is 273 Å². The zero-order chi connectivity index (χ0) is 100. The molecule has 0 saturated heterocycles. The first-order chi connectivity index (χ1) is 66.0. The van der Waals surface area contributed by atoms with E-state index in [1.54, 1.807) is 70.0 Å². The number of hydrogen-bond acceptors (Lipinski definition) is 26. The summed E-state index contributed by atoms with van der Waals surface area (Å²) in [6.45, 7) is 24.9. The Labute approximate surface area is 827 Å². The van der Waals surface area contributed by atoms with Crippen molar-refractivity contribution in [3.8, 4) is 0 Å². The molecule has 2 heterocycles. The molecule has 772 valence electrons. The lowest BCUT2D eigenvalue weighted by atomic mass is 10.0. The normalized spacial score (nSPS) is 12.5. The summed E-state index contributed by atoms with van der Waals surface area (Å²) in [4.78, 5) is 188. The smallest absolute Gasteiger partial charge is 0.308 e. The molecule has 6 aromatic rings. The van der Waals surface area contributed by atoms with Gasteiger partial charge < -0.3 is 141 Å². The Morgan fingerprint density at radius 1 is 0.360 bits per heavy atom. The minimum absolute atomic E-state index is 0. The van der Waals surface area contributed by atoms with Crippen LogP contribution in [0.4, 0.5) is 0 Å². The second kappa shape index (κ2) is 74.1. The summed E-state index contributed by atoms with van der Waals surface area (Å²) in [5, 5.41) is 57.7. The van der Waals surface area contributed by atoms with Gasteiger partial charge in [0.15, 0.2) is 0 Å². The molecule has 0 aliphatic carbocycles. The van der Waals surface area contributed by atoms with Crippen molar-refractivity contribution < 1.29 is 122 Å². The number of halogens is 2. The van der Waals surface area contributed by atoms with Gasteiger partial charge in [-0.1, -0.05) is 193 Å². The molecule has 0 aliphatic heterocycles. The molecule has 0 spiro atoms. The SMILES string of the molecule is CCCNCCN.CCCc1cn(CCOCCNC(=O)[C@H](Cc2ccccc2)NC(=O)[C@@H](CC(C)C)NC(=O)[C@H](CC(=O)NCCNCC[NH3+])NC(=O)[C@@H](CC(=O)NCCNCC[NH3+])NC(C)=O)nn1.CCCc1cn(CCOCCNC(=O)[C@H](Cc2ccccc2)NC(=O)[C@@H](CC(C)C)NC(=O)[C@H](CC(=O)OCc2ccccc2)NC(=O)[C@@H](CC(=O)OCc2ccccc2)NC(C)=O)nn1.[Cl-].[Cl-]. The first kappa shape index (κ1) is 123. The lowest BCUT2D eigenvalue weighted by molar-refractivity contribution is -0.365. The van der Waals surface area contributed by atoms with Gasteiger partial charge in [-0.05, 0) is 72.7 Å². The number of amides is 12. The van der Waals surface area contributed by atoms with Crippen molar-refractivity contribution in [1.82, 2.24) is 110 Å². The van der Waals surface area contributed by atoms with E-state index in [1.165, 1.54) is 13.3 Å². The fourth-order valence-electron chi connectivity index (χ4n) is 13.3. The lowest BCUT2D eigenvalue weighted by Gasteiger charge is -2.27. The van der Waals surface area contributed by atoms with Crippen LogP contribution in [0.25, 0.3) is 0 Å². The molecule has 0 bridgehead atoms. The number of nitrogens with zero attached hydrogens (tertiary/aromatic N) is 6. The highest BCUT2D eigenvalue weighted by molar-refractivity contribution is 6.00. The average molecular weight is 1990 g/mol. The fraction of sp³-hybridized carbons (Fsp3) is 0.558. The fourth-order valence-corrected chi connectivity index (χ4v) is 13.3. The summed E-state index contributed by atoms with van der Waals surface area (Å²) in [5.41, 5.74) is 17.4. The molecule has 2 aromatic heterocycles. The number of rotatable bonds is 66. The summed E-state index contributed by atoms with van der Waals surface area (Å²) in [6.07, 6.45) is 6.81. The number of carbonyl (C=O) groups excluding carboxylic acids is 14. The number of aryl methyl sites for hydroxylation is 2. The van der Waals surface area contributed by atoms with Crippen molar-refractivity contribution in [3.63, 3.8) is 0 Å². The Morgan fingerprint density at radius 3 is 1.02 bits per heavy atom. The van der Waals surface area contributed by atoms with Gasteiger partial charge in [0, 0.05) is 105 Å². The molecule has 0 radical (unpaired) electrons. The van der Waals surface area contributed by atoms with E-state index in [9.17, 15) is 67.1 Å². The number of hydrogen-bond donors (Lipinski definition) is 18. The molecule has 12 amide bonds. The third kappa shape index (κ3) is 56.0. The van der Waals surface area contributed by atoms with E-state index < -0.39 is 157 Å². The van der Waals surface area contributed by atoms with Crippen molar-refractivity contribution in [2.45, 2.75) is 220 Å². The van der Waals surface area contributed by atoms with E-state index in [0.29, 0.717) is 76.7 Å². The van der Waals surface area contributed by atoms with Crippen molar-refractivity contribution in [2.75, 3.05) is 112 Å². The highest BCUT2D eigenvalue weighted by atomic mass is 35.5. The zero-order valence-electron chi connectivity index (χ0n) is 81.8. The minimum atomic E-state index is -1.63. The number of aromatic nitrogens is 6. The van der Waals surface area contributed by atoms with Gasteiger partial charge in [-0.2, -0.15) is 0 Å². The van der Waals surface area contributed by atoms with Gasteiger partial charge in [0.1, 0.15) is 61.5 Å². The number of quaternary nitrogens is 2. The van der Waals surface area contributed by atoms with Gasteiger partial charge in [0.2, 0.25) is 70.9 Å². The van der Waals surface area contributed by atoms with E-state index in [2.05, 4.69) is 133 Å². The minimum Gasteiger partial charge on any atom is -1.00 e. The quantitative estimate of drug-likeness (QED) is 0.0125. The second-order valence-corrected chi connectivity index (χ2v) is 33.3. The third-order valence-electron chi connectivity index (χ3n) is 20.1. The Morgan fingerprint density at radius 2 is 0.683 bits per heavy atom. The van der Waals surface area contributed by atoms with E-state index in [4.69, 9.17) is 24.7 Å². The standard InChI is InChI=1S/C48H62N8O10.C42H72N14O8.C5H14N2.2ClH/c1-5-15-38-30-56(55-54-38)23-25-64-24-22-49-45(60)40(27-35-16-9-6-10-17-35)52-46(61)39(26-33(2)3)51-48(63)42(29-44(59)66-32-37-20-13-8-14-21-37)53-47(62)41(50-34(4)57)28-43(58)65-31-36-18-11-7-12-19-36;1-5-9-32-28-56(55-54-32)21-23-64-22-20-49-39(60)34(25-31-10-7-6-8-11-31)52-40(61)33(24-29(2)3)51-42(63)36(27-38(59)48-19-17-46-15-13-44)53-41(62)35(50-30(4)57)26-37(58)47-18-16-45-14-12-43;1-2-4-7-5-3-6;;/h6-14,16-21,30,33,39-42H,5,15,22-29,31-32H2,1-4H3,(H,49,60)(H,50,57)(H,51,63)(H,52,61)(H,53,62);6-8,10-11,28-29,33-36,45-46H,5,9,12-27,43-44H2,1-4H3,(H,47,58)(H,48,59)(H,49,60)(H,50,57)(H,51,63)(H,52,61)(H,53,62);7H,2-6H2,1H3;2*1H/t39-,40+,41-,42+;33-,34+,35-,36+;;;/m11.../s1. The first-order valence-corrected chi connectivity index (χ1v) is 47.2. The van der Waals surface area contributed by atoms with E-state index in [-0.39, 0.29) is 115 Å². The van der Waals surface area contributed by atoms with Crippen LogP contribution in [0.2, 0.25) is 0 Å². The van der Waals surface area contributed by atoms with Crippen LogP contribution in [-0.2, 0) is 138 Å². The molecule has 0 fully saturated rings. The predicted molar refractivity (Wildman–Crippen MR) is 512 cm³/mol. The summed E-state index contributed by atoms with van der Waals surface area (Å²) in [5.74, 6) is -10.2. The van der Waals surface area contributed by atoms with Crippen molar-refractivity contribution in [2.24, 2.45) is 17.6 Å². The van der Waals surface area contributed by atoms with E-state index in [1.807, 2.05) is 101 Å². The predicted octanol–water partition coefficient (Wildman–Crippen LogP) is -7.88. The molecule has 139 heavy (non-hydrogen) atoms. The number of nitrogens with one attached hydrogen (secondary N) is 15. The zero-order valence-corrected chi connectivity index (χ0v) is 83.3. The number of carbonyl (C=O) groups is 14. The maximum Gasteiger partial charge on any atom is 0.308 e. The summed E-state index contributed by atoms with van der Waals surface area (Å²) < 4.78 is 25.6. The Balaban J connectivity index is 0.000000867. The van der Waals surface area contributed by atoms with Gasteiger partial charge in [-0.25, -0.2) is 9.36 Å². The molecule has 23 N–H and O–H groups in total. The number of esters is 2. The summed E-state index contributed by atoms with van der Waals surface area (Å²) in [6, 6.07) is 25.3. The van der Waals surface area contributed by atoms with Crippen LogP contribution in [0.5, 0.6) is 0 Å². The van der Waals surface area contributed by atoms with Crippen LogP contribution in [0.3, 0.4) is 0 Å². The molecule has 0 aliphatic rings. The maximum atomic E-state index is 14.2. The Kier molecular flexibility index (Phi) is 65.6. The molecule has 44 heteroatoms. The Hall–Kier alpha value is -12.0. The molecular weight excluding hydrogens is 1840 g/mol. The van der Waals surface area contributed by atoms with Crippen LogP contribution >= 0.6 is 0 Å². The van der Waals surface area contributed by atoms with Crippen LogP contribution in [0.1, 0.15) is 154 Å². The highest BCUT2D eigenvalue weighted by Gasteiger charge is 2.37. The molecule has 6 rings (SSSR count). The number of ether oxygens (including phenoxy) is 4. The van der Waals surface area contributed by atoms with E-state index >= 15 is 0 Å². The first-order valence-electron chi connectivity index (χ1n) is 47.2. The molecule has 4 aromatic carbocycles. The van der Waals surface area contributed by atoms with Crippen LogP contribution < -0.4 is 122 Å². The monoisotopic (exact) mass is 1990 g/mol. The molecule has 8 atom stereocenters.